The third-order valence-electron chi connectivity index (χ3n) is 2.93. The smallest absolute Gasteiger partial charge is 0.389 e. The van der Waals surface area contributed by atoms with E-state index in [1.165, 1.54) is 0 Å². The minimum absolute atomic E-state index is 0.0727. The van der Waals surface area contributed by atoms with Crippen LogP contribution in [-0.2, 0) is 0 Å². The van der Waals surface area contributed by atoms with Crippen molar-refractivity contribution in [3.63, 3.8) is 0 Å². The van der Waals surface area contributed by atoms with E-state index >= 15 is 0 Å². The number of alkyl halides is 3. The lowest BCUT2D eigenvalue weighted by Gasteiger charge is -2.18. The van der Waals surface area contributed by atoms with E-state index in [0.29, 0.717) is 6.42 Å². The van der Waals surface area contributed by atoms with E-state index in [9.17, 15) is 13.2 Å². The summed E-state index contributed by atoms with van der Waals surface area (Å²) in [5.41, 5.74) is 0.952. The lowest BCUT2D eigenvalue weighted by molar-refractivity contribution is -0.135. The van der Waals surface area contributed by atoms with Gasteiger partial charge in [-0.15, -0.1) is 0 Å². The molecule has 0 amide bonds. The highest BCUT2D eigenvalue weighted by atomic mass is 19.4. The molecule has 0 saturated carbocycles. The van der Waals surface area contributed by atoms with Gasteiger partial charge < -0.3 is 10.1 Å². The van der Waals surface area contributed by atoms with E-state index in [0.717, 1.165) is 11.3 Å². The molecule has 0 aliphatic rings. The Balaban J connectivity index is 2.64. The Morgan fingerprint density at radius 3 is 2.50 bits per heavy atom. The van der Waals surface area contributed by atoms with Gasteiger partial charge in [0.2, 0.25) is 0 Å². The zero-order valence-corrected chi connectivity index (χ0v) is 12.1. The molecule has 1 N–H and O–H groups in total. The van der Waals surface area contributed by atoms with Crippen LogP contribution in [-0.4, -0.2) is 19.3 Å². The van der Waals surface area contributed by atoms with E-state index in [-0.39, 0.29) is 18.6 Å². The molecule has 1 rings (SSSR count). The molecule has 20 heavy (non-hydrogen) atoms. The number of nitrogens with one attached hydrogen (secondary N) is 1. The van der Waals surface area contributed by atoms with Crippen molar-refractivity contribution in [2.24, 2.45) is 0 Å². The Morgan fingerprint density at radius 2 is 1.95 bits per heavy atom. The summed E-state index contributed by atoms with van der Waals surface area (Å²) in [5, 5.41) is 3.06. The first-order chi connectivity index (χ1) is 9.31. The molecule has 0 radical (unpaired) electrons. The quantitative estimate of drug-likeness (QED) is 0.799. The highest BCUT2D eigenvalue weighted by Gasteiger charge is 2.26. The van der Waals surface area contributed by atoms with Crippen molar-refractivity contribution >= 4 is 0 Å². The molecule has 1 aromatic carbocycles. The molecule has 0 aromatic heterocycles. The summed E-state index contributed by atoms with van der Waals surface area (Å²) in [6.45, 7) is 3.87. The second-order valence-electron chi connectivity index (χ2n) is 5.09. The number of hydrogen-bond acceptors (Lipinski definition) is 2. The van der Waals surface area contributed by atoms with Crippen LogP contribution in [0.3, 0.4) is 0 Å². The van der Waals surface area contributed by atoms with Crippen LogP contribution < -0.4 is 10.1 Å². The fourth-order valence-electron chi connectivity index (χ4n) is 2.06. The molecular formula is C15H22F3NO. The van der Waals surface area contributed by atoms with Crippen molar-refractivity contribution in [1.82, 2.24) is 5.32 Å². The maximum atomic E-state index is 12.2. The topological polar surface area (TPSA) is 21.3 Å². The minimum atomic E-state index is -4.08. The molecule has 5 heteroatoms. The molecule has 1 unspecified atom stereocenters. The van der Waals surface area contributed by atoms with Crippen LogP contribution in [0, 0.1) is 0 Å². The lowest BCUT2D eigenvalue weighted by atomic mass is 10.0. The summed E-state index contributed by atoms with van der Waals surface area (Å²) in [6, 6.07) is 7.41. The van der Waals surface area contributed by atoms with E-state index < -0.39 is 12.6 Å². The molecule has 0 heterocycles. The molecule has 0 aliphatic heterocycles. The number of hydrogen-bond donors (Lipinski definition) is 1. The summed E-state index contributed by atoms with van der Waals surface area (Å²) in [6.07, 6.45) is -4.19. The Bertz CT molecular complexity index is 404. The molecule has 0 spiro atoms. The third-order valence-corrected chi connectivity index (χ3v) is 2.93. The number of rotatable bonds is 7. The van der Waals surface area contributed by atoms with Crippen LogP contribution in [0.2, 0.25) is 0 Å². The number of halogens is 3. The zero-order chi connectivity index (χ0) is 15.2. The maximum Gasteiger partial charge on any atom is 0.389 e. The van der Waals surface area contributed by atoms with Gasteiger partial charge in [-0.3, -0.25) is 0 Å². The van der Waals surface area contributed by atoms with Crippen molar-refractivity contribution in [1.29, 1.82) is 0 Å². The molecular weight excluding hydrogens is 267 g/mol. The van der Waals surface area contributed by atoms with Crippen molar-refractivity contribution in [3.05, 3.63) is 29.8 Å². The Labute approximate surface area is 118 Å². The van der Waals surface area contributed by atoms with Crippen LogP contribution in [0.25, 0.3) is 0 Å². The van der Waals surface area contributed by atoms with Gasteiger partial charge in [-0.25, -0.2) is 0 Å². The Kier molecular flexibility index (Phi) is 6.33. The van der Waals surface area contributed by atoms with Gasteiger partial charge in [-0.1, -0.05) is 12.1 Å². The van der Waals surface area contributed by atoms with E-state index in [1.807, 2.05) is 38.1 Å². The second-order valence-corrected chi connectivity index (χ2v) is 5.09. The van der Waals surface area contributed by atoms with Crippen molar-refractivity contribution in [3.8, 4) is 5.75 Å². The number of ether oxygens (including phenoxy) is 1. The van der Waals surface area contributed by atoms with E-state index in [4.69, 9.17) is 4.74 Å². The average molecular weight is 289 g/mol. The van der Waals surface area contributed by atoms with E-state index in [1.54, 1.807) is 7.05 Å². The lowest BCUT2D eigenvalue weighted by Crippen LogP contribution is -2.18. The molecule has 0 saturated heterocycles. The average Bonchev–Trinajstić information content (AvgIpc) is 2.33. The van der Waals surface area contributed by atoms with Gasteiger partial charge in [-0.05, 0) is 51.4 Å². The van der Waals surface area contributed by atoms with E-state index in [2.05, 4.69) is 5.32 Å². The van der Waals surface area contributed by atoms with Gasteiger partial charge in [0.25, 0.3) is 0 Å². The normalized spacial score (nSPS) is 13.6. The van der Waals surface area contributed by atoms with Gasteiger partial charge in [0.15, 0.2) is 0 Å². The van der Waals surface area contributed by atoms with Crippen molar-refractivity contribution < 1.29 is 17.9 Å². The highest BCUT2D eigenvalue weighted by molar-refractivity contribution is 5.30. The summed E-state index contributed by atoms with van der Waals surface area (Å²) < 4.78 is 42.1. The molecule has 0 bridgehead atoms. The molecule has 2 nitrogen and oxygen atoms in total. The van der Waals surface area contributed by atoms with Gasteiger partial charge >= 0.3 is 6.18 Å². The number of benzene rings is 1. The highest BCUT2D eigenvalue weighted by Crippen LogP contribution is 2.27. The SMILES string of the molecule is CNC(CCCC(F)(F)F)c1cccc(OC(C)C)c1. The van der Waals surface area contributed by atoms with Gasteiger partial charge in [-0.2, -0.15) is 13.2 Å². The minimum Gasteiger partial charge on any atom is -0.491 e. The molecule has 0 fully saturated rings. The summed E-state index contributed by atoms with van der Waals surface area (Å²) in [5.74, 6) is 0.744. The van der Waals surface area contributed by atoms with Crippen LogP contribution in [0.4, 0.5) is 13.2 Å². The largest absolute Gasteiger partial charge is 0.491 e. The summed E-state index contributed by atoms with van der Waals surface area (Å²) in [7, 11) is 1.76. The molecule has 1 aromatic rings. The summed E-state index contributed by atoms with van der Waals surface area (Å²) >= 11 is 0. The third kappa shape index (κ3) is 6.28. The first-order valence-corrected chi connectivity index (χ1v) is 6.82. The maximum absolute atomic E-state index is 12.2. The van der Waals surface area contributed by atoms with Gasteiger partial charge in [0, 0.05) is 12.5 Å². The fraction of sp³-hybridized carbons (Fsp3) is 0.600. The van der Waals surface area contributed by atoms with Crippen LogP contribution >= 0.6 is 0 Å². The van der Waals surface area contributed by atoms with Crippen molar-refractivity contribution in [2.75, 3.05) is 7.05 Å². The second kappa shape index (κ2) is 7.53. The molecule has 1 atom stereocenters. The van der Waals surface area contributed by atoms with Crippen LogP contribution in [0.15, 0.2) is 24.3 Å². The standard InChI is InChI=1S/C15H22F3NO/c1-11(2)20-13-7-4-6-12(10-13)14(19-3)8-5-9-15(16,17)18/h4,6-7,10-11,14,19H,5,8-9H2,1-3H3. The van der Waals surface area contributed by atoms with Crippen molar-refractivity contribution in [2.45, 2.75) is 51.4 Å². The first-order valence-electron chi connectivity index (χ1n) is 6.82. The Hall–Kier alpha value is -1.23. The summed E-state index contributed by atoms with van der Waals surface area (Å²) in [4.78, 5) is 0. The zero-order valence-electron chi connectivity index (χ0n) is 12.1. The Morgan fingerprint density at radius 1 is 1.25 bits per heavy atom. The van der Waals surface area contributed by atoms with Crippen LogP contribution in [0.1, 0.15) is 44.7 Å². The van der Waals surface area contributed by atoms with Crippen LogP contribution in [0.5, 0.6) is 5.75 Å². The molecule has 0 aliphatic carbocycles. The monoisotopic (exact) mass is 289 g/mol. The van der Waals surface area contributed by atoms with Gasteiger partial charge in [0.05, 0.1) is 6.10 Å². The molecule has 114 valence electrons. The van der Waals surface area contributed by atoms with Gasteiger partial charge in [0.1, 0.15) is 5.75 Å². The first kappa shape index (κ1) is 16.8. The predicted octanol–water partition coefficient (Wildman–Crippen LogP) is 4.47. The predicted molar refractivity (Wildman–Crippen MR) is 73.9 cm³/mol. The fourth-order valence-corrected chi connectivity index (χ4v) is 2.06.